The Balaban J connectivity index is 4.21. The molecule has 3 unspecified atom stereocenters. The van der Waals surface area contributed by atoms with Gasteiger partial charge in [0.15, 0.2) is 0 Å². The first-order chi connectivity index (χ1) is 9.63. The van der Waals surface area contributed by atoms with Crippen LogP contribution in [0.15, 0.2) is 11.6 Å². The number of amides is 1. The van der Waals surface area contributed by atoms with Crippen LogP contribution in [-0.4, -0.2) is 29.3 Å². The summed E-state index contributed by atoms with van der Waals surface area (Å²) in [5.41, 5.74) is 1.25. The van der Waals surface area contributed by atoms with E-state index in [1.807, 2.05) is 34.6 Å². The topological polar surface area (TPSA) is 61.4 Å². The van der Waals surface area contributed by atoms with Crippen LogP contribution in [0.3, 0.4) is 0 Å². The van der Waals surface area contributed by atoms with Gasteiger partial charge in [0, 0.05) is 18.0 Å². The average molecular weight is 298 g/mol. The Morgan fingerprint density at radius 1 is 1.14 bits per heavy atom. The monoisotopic (exact) mass is 298 g/mol. The molecule has 0 fully saturated rings. The molecule has 0 aromatic carbocycles. The molecular weight excluding hydrogens is 264 g/mol. The van der Waals surface area contributed by atoms with Crippen molar-refractivity contribution >= 4 is 5.91 Å². The van der Waals surface area contributed by atoms with E-state index in [0.29, 0.717) is 0 Å². The molecular formula is C17H34N2O2. The zero-order valence-electron chi connectivity index (χ0n) is 14.7. The van der Waals surface area contributed by atoms with E-state index in [1.165, 1.54) is 5.57 Å². The Bertz CT molecular complexity index is 338. The molecule has 0 aliphatic heterocycles. The number of aliphatic hydroxyl groups is 1. The Kier molecular flexibility index (Phi) is 9.54. The van der Waals surface area contributed by atoms with Crippen molar-refractivity contribution in [3.05, 3.63) is 11.6 Å². The number of nitrogens with one attached hydrogen (secondary N) is 2. The van der Waals surface area contributed by atoms with Gasteiger partial charge in [-0.25, -0.2) is 0 Å². The molecule has 0 aliphatic carbocycles. The summed E-state index contributed by atoms with van der Waals surface area (Å²) in [6.07, 6.45) is 3.29. The first kappa shape index (κ1) is 20.1. The zero-order chi connectivity index (χ0) is 16.6. The van der Waals surface area contributed by atoms with Gasteiger partial charge in [-0.15, -0.1) is 0 Å². The Labute approximate surface area is 130 Å². The third-order valence-corrected chi connectivity index (χ3v) is 3.41. The van der Waals surface area contributed by atoms with Crippen molar-refractivity contribution in [1.29, 1.82) is 0 Å². The summed E-state index contributed by atoms with van der Waals surface area (Å²) in [6, 6.07) is 0.408. The molecule has 0 aromatic rings. The van der Waals surface area contributed by atoms with Gasteiger partial charge in [-0.3, -0.25) is 10.1 Å². The van der Waals surface area contributed by atoms with E-state index in [9.17, 15) is 9.90 Å². The molecule has 0 bridgehead atoms. The maximum Gasteiger partial charge on any atom is 0.223 e. The summed E-state index contributed by atoms with van der Waals surface area (Å²) >= 11 is 0. The van der Waals surface area contributed by atoms with Crippen LogP contribution in [0.5, 0.6) is 0 Å². The minimum Gasteiger partial charge on any atom is -0.378 e. The summed E-state index contributed by atoms with van der Waals surface area (Å²) in [5, 5.41) is 15.9. The quantitative estimate of drug-likeness (QED) is 0.453. The SMILES string of the molecule is C/C(=C/CC(C)C(=O)NC(C)C)CC(C)NC(O)C(C)C. The largest absolute Gasteiger partial charge is 0.378 e. The van der Waals surface area contributed by atoms with Crippen molar-refractivity contribution in [3.8, 4) is 0 Å². The summed E-state index contributed by atoms with van der Waals surface area (Å²) in [7, 11) is 0. The zero-order valence-corrected chi connectivity index (χ0v) is 14.7. The second-order valence-electron chi connectivity index (χ2n) is 6.81. The summed E-state index contributed by atoms with van der Waals surface area (Å²) < 4.78 is 0. The molecule has 124 valence electrons. The van der Waals surface area contributed by atoms with Crippen molar-refractivity contribution in [2.24, 2.45) is 11.8 Å². The molecule has 4 nitrogen and oxygen atoms in total. The predicted octanol–water partition coefficient (Wildman–Crippen LogP) is 2.83. The van der Waals surface area contributed by atoms with Crippen LogP contribution in [0.25, 0.3) is 0 Å². The minimum absolute atomic E-state index is 0.00753. The highest BCUT2D eigenvalue weighted by molar-refractivity contribution is 5.78. The Morgan fingerprint density at radius 2 is 1.71 bits per heavy atom. The van der Waals surface area contributed by atoms with Gasteiger partial charge in [-0.2, -0.15) is 0 Å². The van der Waals surface area contributed by atoms with E-state index in [-0.39, 0.29) is 29.8 Å². The van der Waals surface area contributed by atoms with Gasteiger partial charge < -0.3 is 10.4 Å². The van der Waals surface area contributed by atoms with E-state index in [2.05, 4.69) is 30.6 Å². The fourth-order valence-corrected chi connectivity index (χ4v) is 2.02. The molecule has 0 heterocycles. The van der Waals surface area contributed by atoms with Crippen LogP contribution >= 0.6 is 0 Å². The second-order valence-corrected chi connectivity index (χ2v) is 6.81. The first-order valence-electron chi connectivity index (χ1n) is 8.03. The second kappa shape index (κ2) is 9.96. The van der Waals surface area contributed by atoms with E-state index >= 15 is 0 Å². The number of hydrogen-bond donors (Lipinski definition) is 3. The van der Waals surface area contributed by atoms with E-state index in [1.54, 1.807) is 0 Å². The highest BCUT2D eigenvalue weighted by Crippen LogP contribution is 2.11. The molecule has 0 aliphatic rings. The summed E-state index contributed by atoms with van der Waals surface area (Å²) in [4.78, 5) is 11.8. The molecule has 0 saturated carbocycles. The number of carbonyl (C=O) groups excluding carboxylic acids is 1. The fraction of sp³-hybridized carbons (Fsp3) is 0.824. The molecule has 4 heteroatoms. The van der Waals surface area contributed by atoms with Crippen LogP contribution < -0.4 is 10.6 Å². The molecule has 1 amide bonds. The standard InChI is InChI=1S/C17H34N2O2/c1-11(2)16(20)19-15(7)10-13(5)8-9-14(6)17(21)18-12(3)4/h8,11-12,14-16,19-20H,9-10H2,1-7H3,(H,18,21)/b13-8-. The normalized spacial score (nSPS) is 17.0. The van der Waals surface area contributed by atoms with E-state index < -0.39 is 6.23 Å². The van der Waals surface area contributed by atoms with Crippen LogP contribution in [-0.2, 0) is 4.79 Å². The molecule has 21 heavy (non-hydrogen) atoms. The molecule has 3 N–H and O–H groups in total. The van der Waals surface area contributed by atoms with Gasteiger partial charge in [0.05, 0.1) is 0 Å². The van der Waals surface area contributed by atoms with Crippen molar-refractivity contribution < 1.29 is 9.90 Å². The Morgan fingerprint density at radius 3 is 2.19 bits per heavy atom. The third-order valence-electron chi connectivity index (χ3n) is 3.41. The maximum atomic E-state index is 11.8. The van der Waals surface area contributed by atoms with Gasteiger partial charge in [0.25, 0.3) is 0 Å². The maximum absolute atomic E-state index is 11.8. The molecule has 0 spiro atoms. The van der Waals surface area contributed by atoms with Crippen molar-refractivity contribution in [3.63, 3.8) is 0 Å². The number of allylic oxidation sites excluding steroid dienone is 1. The van der Waals surface area contributed by atoms with Crippen LogP contribution in [0.2, 0.25) is 0 Å². The van der Waals surface area contributed by atoms with Crippen molar-refractivity contribution in [2.75, 3.05) is 0 Å². The summed E-state index contributed by atoms with van der Waals surface area (Å²) in [5.74, 6) is 0.304. The molecule has 0 saturated heterocycles. The first-order valence-corrected chi connectivity index (χ1v) is 8.03. The Hall–Kier alpha value is -0.870. The van der Waals surface area contributed by atoms with Gasteiger partial charge in [-0.1, -0.05) is 32.4 Å². The molecule has 0 aromatic heterocycles. The average Bonchev–Trinajstić information content (AvgIpc) is 2.34. The third kappa shape index (κ3) is 9.64. The minimum atomic E-state index is -0.469. The lowest BCUT2D eigenvalue weighted by molar-refractivity contribution is -0.124. The smallest absolute Gasteiger partial charge is 0.223 e. The van der Waals surface area contributed by atoms with Gasteiger partial charge in [0.1, 0.15) is 6.23 Å². The van der Waals surface area contributed by atoms with Crippen LogP contribution in [0.1, 0.15) is 61.3 Å². The van der Waals surface area contributed by atoms with Gasteiger partial charge in [-0.05, 0) is 46.5 Å². The number of carbonyl (C=O) groups is 1. The lowest BCUT2D eigenvalue weighted by Crippen LogP contribution is -2.39. The number of rotatable bonds is 9. The van der Waals surface area contributed by atoms with E-state index in [0.717, 1.165) is 12.8 Å². The predicted molar refractivity (Wildman–Crippen MR) is 88.9 cm³/mol. The summed E-state index contributed by atoms with van der Waals surface area (Å²) in [6.45, 7) is 14.0. The highest BCUT2D eigenvalue weighted by atomic mass is 16.3. The van der Waals surface area contributed by atoms with Gasteiger partial charge in [0.2, 0.25) is 5.91 Å². The fourth-order valence-electron chi connectivity index (χ4n) is 2.02. The van der Waals surface area contributed by atoms with Crippen LogP contribution in [0, 0.1) is 11.8 Å². The van der Waals surface area contributed by atoms with Crippen LogP contribution in [0.4, 0.5) is 0 Å². The van der Waals surface area contributed by atoms with Crippen molar-refractivity contribution in [1.82, 2.24) is 10.6 Å². The van der Waals surface area contributed by atoms with Crippen molar-refractivity contribution in [2.45, 2.75) is 79.6 Å². The van der Waals surface area contributed by atoms with E-state index in [4.69, 9.17) is 0 Å². The molecule has 0 rings (SSSR count). The highest BCUT2D eigenvalue weighted by Gasteiger charge is 2.14. The molecule has 3 atom stereocenters. The molecule has 0 radical (unpaired) electrons. The lowest BCUT2D eigenvalue weighted by atomic mass is 10.0. The van der Waals surface area contributed by atoms with Gasteiger partial charge >= 0.3 is 0 Å². The lowest BCUT2D eigenvalue weighted by Gasteiger charge is -2.22. The number of hydrogen-bond acceptors (Lipinski definition) is 3. The number of aliphatic hydroxyl groups excluding tert-OH is 1.